The van der Waals surface area contributed by atoms with E-state index in [4.69, 9.17) is 9.29 Å². The summed E-state index contributed by atoms with van der Waals surface area (Å²) in [5.41, 5.74) is 0.590. The molecule has 0 heterocycles. The zero-order valence-corrected chi connectivity index (χ0v) is 12.2. The summed E-state index contributed by atoms with van der Waals surface area (Å²) in [6.07, 6.45) is 3.42. The fourth-order valence-corrected chi connectivity index (χ4v) is 1.57. The molecular formula is C13H20O5S. The second-order valence-corrected chi connectivity index (χ2v) is 4.35. The van der Waals surface area contributed by atoms with Crippen LogP contribution in [0.5, 0.6) is 5.75 Å². The van der Waals surface area contributed by atoms with Crippen LogP contribution in [0.4, 0.5) is 0 Å². The number of hydrogen-bond acceptors (Lipinski definition) is 4. The minimum Gasteiger partial charge on any atom is -0.382 e. The normalized spacial score (nSPS) is 10.9. The SMILES string of the molecule is C/C=C\c1ccccc1OS(=O)(=O)O.CCOCC. The molecule has 5 nitrogen and oxygen atoms in total. The van der Waals surface area contributed by atoms with E-state index in [-0.39, 0.29) is 5.75 Å². The monoisotopic (exact) mass is 288 g/mol. The van der Waals surface area contributed by atoms with Gasteiger partial charge in [0.15, 0.2) is 5.75 Å². The van der Waals surface area contributed by atoms with E-state index in [1.165, 1.54) is 6.07 Å². The summed E-state index contributed by atoms with van der Waals surface area (Å²) in [6, 6.07) is 6.50. The molecule has 0 radical (unpaired) electrons. The fourth-order valence-electron chi connectivity index (χ4n) is 1.19. The average Bonchev–Trinajstić information content (AvgIpc) is 2.32. The zero-order valence-electron chi connectivity index (χ0n) is 11.4. The van der Waals surface area contributed by atoms with Crippen LogP contribution in [0.15, 0.2) is 30.3 Å². The quantitative estimate of drug-likeness (QED) is 0.843. The Morgan fingerprint density at radius 1 is 1.21 bits per heavy atom. The Morgan fingerprint density at radius 3 is 2.21 bits per heavy atom. The van der Waals surface area contributed by atoms with Crippen molar-refractivity contribution in [2.24, 2.45) is 0 Å². The molecule has 1 aromatic carbocycles. The largest absolute Gasteiger partial charge is 0.446 e. The Kier molecular flexibility index (Phi) is 8.86. The summed E-state index contributed by atoms with van der Waals surface area (Å²) in [5, 5.41) is 0. The maximum absolute atomic E-state index is 10.5. The van der Waals surface area contributed by atoms with Gasteiger partial charge in [-0.05, 0) is 26.8 Å². The third kappa shape index (κ3) is 9.24. The molecule has 0 saturated heterocycles. The molecule has 0 saturated carbocycles. The topological polar surface area (TPSA) is 72.8 Å². The van der Waals surface area contributed by atoms with Gasteiger partial charge < -0.3 is 8.92 Å². The molecule has 0 unspecified atom stereocenters. The van der Waals surface area contributed by atoms with Crippen LogP contribution in [-0.4, -0.2) is 26.2 Å². The minimum absolute atomic E-state index is 0.105. The van der Waals surface area contributed by atoms with Crippen LogP contribution in [0.25, 0.3) is 6.08 Å². The van der Waals surface area contributed by atoms with Crippen molar-refractivity contribution >= 4 is 16.5 Å². The highest BCUT2D eigenvalue weighted by molar-refractivity contribution is 7.81. The maximum Gasteiger partial charge on any atom is 0.446 e. The minimum atomic E-state index is -4.45. The summed E-state index contributed by atoms with van der Waals surface area (Å²) in [4.78, 5) is 0. The second-order valence-electron chi connectivity index (χ2n) is 3.33. The molecule has 0 amide bonds. The zero-order chi connectivity index (χ0) is 14.7. The van der Waals surface area contributed by atoms with Gasteiger partial charge in [0.25, 0.3) is 0 Å². The Bertz CT molecular complexity index is 478. The first-order chi connectivity index (χ1) is 8.94. The molecule has 0 aliphatic rings. The molecule has 0 spiro atoms. The molecule has 0 aliphatic carbocycles. The summed E-state index contributed by atoms with van der Waals surface area (Å²) in [5.74, 6) is 0.105. The van der Waals surface area contributed by atoms with Crippen molar-refractivity contribution in [3.8, 4) is 5.75 Å². The Labute approximate surface area is 114 Å². The van der Waals surface area contributed by atoms with Gasteiger partial charge in [0.2, 0.25) is 0 Å². The Balaban J connectivity index is 0.000000555. The molecule has 108 valence electrons. The summed E-state index contributed by atoms with van der Waals surface area (Å²) in [7, 11) is -4.45. The van der Waals surface area contributed by atoms with Crippen molar-refractivity contribution in [1.29, 1.82) is 0 Å². The van der Waals surface area contributed by atoms with E-state index < -0.39 is 10.4 Å². The Morgan fingerprint density at radius 2 is 1.79 bits per heavy atom. The van der Waals surface area contributed by atoms with Gasteiger partial charge in [0.1, 0.15) is 0 Å². The van der Waals surface area contributed by atoms with Crippen molar-refractivity contribution in [2.75, 3.05) is 13.2 Å². The molecule has 0 fully saturated rings. The van der Waals surface area contributed by atoms with Gasteiger partial charge in [0, 0.05) is 18.8 Å². The lowest BCUT2D eigenvalue weighted by Gasteiger charge is -2.04. The second kappa shape index (κ2) is 9.55. The van der Waals surface area contributed by atoms with Crippen molar-refractivity contribution < 1.29 is 21.9 Å². The predicted molar refractivity (Wildman–Crippen MR) is 75.5 cm³/mol. The van der Waals surface area contributed by atoms with E-state index >= 15 is 0 Å². The van der Waals surface area contributed by atoms with Gasteiger partial charge in [-0.1, -0.05) is 30.4 Å². The lowest BCUT2D eigenvalue weighted by molar-refractivity contribution is 0.162. The average molecular weight is 288 g/mol. The van der Waals surface area contributed by atoms with Crippen molar-refractivity contribution in [3.05, 3.63) is 35.9 Å². The highest BCUT2D eigenvalue weighted by Crippen LogP contribution is 2.20. The first-order valence-electron chi connectivity index (χ1n) is 5.90. The van der Waals surface area contributed by atoms with E-state index in [9.17, 15) is 8.42 Å². The number of rotatable bonds is 5. The van der Waals surface area contributed by atoms with Crippen LogP contribution in [-0.2, 0) is 15.1 Å². The van der Waals surface area contributed by atoms with Crippen LogP contribution in [0.1, 0.15) is 26.3 Å². The van der Waals surface area contributed by atoms with Crippen LogP contribution in [0.2, 0.25) is 0 Å². The van der Waals surface area contributed by atoms with Crippen molar-refractivity contribution in [3.63, 3.8) is 0 Å². The fraction of sp³-hybridized carbons (Fsp3) is 0.385. The summed E-state index contributed by atoms with van der Waals surface area (Å²) >= 11 is 0. The van der Waals surface area contributed by atoms with Crippen molar-refractivity contribution in [2.45, 2.75) is 20.8 Å². The van der Waals surface area contributed by atoms with E-state index in [2.05, 4.69) is 4.18 Å². The van der Waals surface area contributed by atoms with Crippen LogP contribution >= 0.6 is 0 Å². The molecule has 0 aliphatic heterocycles. The number of allylic oxidation sites excluding steroid dienone is 1. The smallest absolute Gasteiger partial charge is 0.382 e. The summed E-state index contributed by atoms with van der Waals surface area (Å²) < 4.78 is 38.6. The van der Waals surface area contributed by atoms with Gasteiger partial charge in [-0.3, -0.25) is 4.55 Å². The van der Waals surface area contributed by atoms with Crippen LogP contribution in [0.3, 0.4) is 0 Å². The molecule has 1 N–H and O–H groups in total. The standard InChI is InChI=1S/C9H10O4S.C4H10O/c1-2-5-8-6-3-4-7-9(8)13-14(10,11)12;1-3-5-4-2/h2-7H,1H3,(H,10,11,12);3-4H2,1-2H3/b5-2-;. The molecule has 0 aromatic heterocycles. The molecule has 0 bridgehead atoms. The molecule has 19 heavy (non-hydrogen) atoms. The molecule has 0 atom stereocenters. The number of ether oxygens (including phenoxy) is 1. The lowest BCUT2D eigenvalue weighted by atomic mass is 10.2. The van der Waals surface area contributed by atoms with Gasteiger partial charge >= 0.3 is 10.4 Å². The number of benzene rings is 1. The summed E-state index contributed by atoms with van der Waals surface area (Å²) in [6.45, 7) is 7.46. The first-order valence-corrected chi connectivity index (χ1v) is 7.27. The van der Waals surface area contributed by atoms with E-state index in [0.717, 1.165) is 13.2 Å². The third-order valence-electron chi connectivity index (χ3n) is 1.87. The van der Waals surface area contributed by atoms with E-state index in [1.54, 1.807) is 37.3 Å². The van der Waals surface area contributed by atoms with Gasteiger partial charge in [0.05, 0.1) is 0 Å². The third-order valence-corrected chi connectivity index (χ3v) is 2.26. The first kappa shape index (κ1) is 17.6. The number of para-hydroxylation sites is 1. The maximum atomic E-state index is 10.5. The Hall–Kier alpha value is -1.37. The number of hydrogen-bond donors (Lipinski definition) is 1. The van der Waals surface area contributed by atoms with Crippen molar-refractivity contribution in [1.82, 2.24) is 0 Å². The molecule has 1 rings (SSSR count). The van der Waals surface area contributed by atoms with Crippen LogP contribution < -0.4 is 4.18 Å². The van der Waals surface area contributed by atoms with Crippen LogP contribution in [0, 0.1) is 0 Å². The molecule has 6 heteroatoms. The van der Waals surface area contributed by atoms with E-state index in [0.29, 0.717) is 5.56 Å². The van der Waals surface area contributed by atoms with E-state index in [1.807, 2.05) is 13.8 Å². The highest BCUT2D eigenvalue weighted by atomic mass is 32.3. The van der Waals surface area contributed by atoms with Gasteiger partial charge in [-0.25, -0.2) is 0 Å². The molecular weight excluding hydrogens is 268 g/mol. The molecule has 1 aromatic rings. The van der Waals surface area contributed by atoms with Gasteiger partial charge in [-0.15, -0.1) is 0 Å². The van der Waals surface area contributed by atoms with Gasteiger partial charge in [-0.2, -0.15) is 8.42 Å². The lowest BCUT2D eigenvalue weighted by Crippen LogP contribution is -2.07. The predicted octanol–water partition coefficient (Wildman–Crippen LogP) is 2.94. The highest BCUT2D eigenvalue weighted by Gasteiger charge is 2.08.